The largest absolute Gasteiger partial charge is 0.308 e. The van der Waals surface area contributed by atoms with E-state index in [1.165, 1.54) is 168 Å². The van der Waals surface area contributed by atoms with Crippen molar-refractivity contribution < 1.29 is 0 Å². The molecule has 0 N–H and O–H groups in total. The van der Waals surface area contributed by atoms with Gasteiger partial charge in [-0.15, -0.1) is 45.3 Å². The second kappa shape index (κ2) is 36.6. The van der Waals surface area contributed by atoms with Crippen molar-refractivity contribution in [3.05, 3.63) is 534 Å². The van der Waals surface area contributed by atoms with Crippen molar-refractivity contribution in [3.8, 4) is 66.8 Å². The van der Waals surface area contributed by atoms with E-state index in [-0.39, 0.29) is 0 Å². The molecule has 4 heterocycles. The summed E-state index contributed by atoms with van der Waals surface area (Å²) in [5, 5.41) is 20.1. The van der Waals surface area contributed by atoms with Crippen molar-refractivity contribution in [1.29, 1.82) is 0 Å². The molecular weight excluding hydrogens is 1820 g/mol. The Kier molecular flexibility index (Phi) is 21.7. The van der Waals surface area contributed by atoms with E-state index in [0.717, 1.165) is 90.5 Å². The maximum Gasteiger partial charge on any atom is 0.0647 e. The quantitative estimate of drug-likeness (QED) is 0.0849. The summed E-state index contributed by atoms with van der Waals surface area (Å²) in [5.41, 5.74) is 27.4. The van der Waals surface area contributed by atoms with Gasteiger partial charge >= 0.3 is 0 Å². The first kappa shape index (κ1) is 85.6. The molecule has 0 radical (unpaired) electrons. The van der Waals surface area contributed by atoms with E-state index in [1.54, 1.807) is 0 Å². The van der Waals surface area contributed by atoms with Crippen molar-refractivity contribution in [2.75, 3.05) is 19.6 Å². The Bertz CT molecular complexity index is 9830. The van der Waals surface area contributed by atoms with Crippen LogP contribution in [0.5, 0.6) is 0 Å². The number of fused-ring (bicyclic) bond motifs is 18. The standard InChI is InChI=1S/2C68H44N2S2/c1-3-20-45(21-4-1)46-38-40-49(41-39-46)69(63-44-48-24-7-8-25-51(48)66-58-31-14-18-37-65(58)72-68(63)66)59-33-15-11-28-54(59)55-29-12-16-34-60(55)70(62-35-19-32-57-56-30-13-17-36-64(56)71-67(57)62)61-43-42-50(47-22-5-2-6-23-47)52-26-9-10-27-53(52)61;1-2-17-45(18-3-1)50-22-14-23-53(44-50)70(62-32-15-28-58-57-27-10-13-34-64(57)71-67(58)62)61-31-12-9-26-56(61)55-25-8-11-30-60(55)69(52-40-37-47(38-41-52)51-36-35-46-19-4-5-21-49(46)43-51)63-33-16-29-59-66-54-24-7-6-20-48(54)39-42-65(66)72-68(59)63/h2*1-44H. The highest BCUT2D eigenvalue weighted by Gasteiger charge is 2.31. The average Bonchev–Trinajstić information content (AvgIpc) is 0.855. The SMILES string of the molecule is c1ccc(-c2ccc(N(c3ccccc3-c3ccccc3N(c3ccc(-c4ccccc4)c4ccccc34)c3cccc4c3sc3ccccc34)c3cc4ccccc4c4c3sc3ccccc34)cc2)cc1.c1ccc(-c2cccc(N(c3ccccc3-c3ccccc3N(c3ccc(-c4ccc5ccccc5c4)cc3)c3cccc4c3sc3ccc5ccccc5c34)c3cccc4c3sc3ccccc34)c2)cc1. The van der Waals surface area contributed by atoms with Crippen LogP contribution in [0.25, 0.3) is 191 Å². The van der Waals surface area contributed by atoms with Crippen LogP contribution in [0.4, 0.5) is 68.2 Å². The molecular formula is C136H88N4S4. The Labute approximate surface area is 850 Å². The van der Waals surface area contributed by atoms with Crippen molar-refractivity contribution in [1.82, 2.24) is 0 Å². The highest BCUT2D eigenvalue weighted by Crippen LogP contribution is 2.58. The first-order chi connectivity index (χ1) is 71.5. The van der Waals surface area contributed by atoms with Crippen LogP contribution in [0.1, 0.15) is 0 Å². The molecule has 0 unspecified atom stereocenters. The number of anilines is 12. The van der Waals surface area contributed by atoms with Crippen molar-refractivity contribution in [2.24, 2.45) is 0 Å². The molecule has 144 heavy (non-hydrogen) atoms. The third-order valence-corrected chi connectivity index (χ3v) is 33.3. The highest BCUT2D eigenvalue weighted by atomic mass is 32.1. The smallest absolute Gasteiger partial charge is 0.0647 e. The molecule has 0 aliphatic rings. The minimum absolute atomic E-state index is 1.08. The number of para-hydroxylation sites is 4. The third-order valence-electron chi connectivity index (χ3n) is 28.5. The number of benzene rings is 24. The second-order valence-corrected chi connectivity index (χ2v) is 40.9. The van der Waals surface area contributed by atoms with Crippen LogP contribution in [-0.4, -0.2) is 0 Å². The lowest BCUT2D eigenvalue weighted by atomic mass is 9.95. The molecule has 0 atom stereocenters. The van der Waals surface area contributed by atoms with Crippen LogP contribution < -0.4 is 19.6 Å². The fraction of sp³-hybridized carbons (Fsp3) is 0. The predicted molar refractivity (Wildman–Crippen MR) is 626 cm³/mol. The number of hydrogen-bond donors (Lipinski definition) is 0. The molecule has 24 aromatic carbocycles. The molecule has 0 fully saturated rings. The van der Waals surface area contributed by atoms with Gasteiger partial charge in [0.2, 0.25) is 0 Å². The van der Waals surface area contributed by atoms with E-state index in [4.69, 9.17) is 0 Å². The zero-order valence-electron chi connectivity index (χ0n) is 78.2. The van der Waals surface area contributed by atoms with Crippen LogP contribution in [-0.2, 0) is 0 Å². The van der Waals surface area contributed by atoms with E-state index in [2.05, 4.69) is 553 Å². The summed E-state index contributed by atoms with van der Waals surface area (Å²) in [6, 6.07) is 196. The maximum absolute atomic E-state index is 2.54. The van der Waals surface area contributed by atoms with E-state index < -0.39 is 0 Å². The molecule has 0 saturated heterocycles. The molecule has 4 nitrogen and oxygen atoms in total. The lowest BCUT2D eigenvalue weighted by Gasteiger charge is -2.32. The Morgan fingerprint density at radius 2 is 0.472 bits per heavy atom. The molecule has 0 spiro atoms. The molecule has 28 aromatic rings. The van der Waals surface area contributed by atoms with Crippen molar-refractivity contribution >= 4 is 237 Å². The van der Waals surface area contributed by atoms with Crippen LogP contribution in [0.15, 0.2) is 534 Å². The van der Waals surface area contributed by atoms with E-state index in [9.17, 15) is 0 Å². The Morgan fingerprint density at radius 3 is 1.05 bits per heavy atom. The van der Waals surface area contributed by atoms with Crippen LogP contribution >= 0.6 is 45.3 Å². The summed E-state index contributed by atoms with van der Waals surface area (Å²) in [7, 11) is 0. The van der Waals surface area contributed by atoms with Crippen molar-refractivity contribution in [2.45, 2.75) is 0 Å². The summed E-state index contributed by atoms with van der Waals surface area (Å²) >= 11 is 7.49. The van der Waals surface area contributed by atoms with Gasteiger partial charge in [0.05, 0.1) is 70.0 Å². The first-order valence-electron chi connectivity index (χ1n) is 49.0. The summed E-state index contributed by atoms with van der Waals surface area (Å²) in [6.07, 6.45) is 0. The monoisotopic (exact) mass is 1900 g/mol. The van der Waals surface area contributed by atoms with Gasteiger partial charge in [-0.05, 0) is 204 Å². The summed E-state index contributed by atoms with van der Waals surface area (Å²) in [5.74, 6) is 0. The summed E-state index contributed by atoms with van der Waals surface area (Å²) in [6.45, 7) is 0. The number of hydrogen-bond acceptors (Lipinski definition) is 8. The zero-order chi connectivity index (χ0) is 95.1. The normalized spacial score (nSPS) is 11.6. The van der Waals surface area contributed by atoms with Gasteiger partial charge in [0.25, 0.3) is 0 Å². The number of rotatable bonds is 18. The Hall–Kier alpha value is -17.6. The van der Waals surface area contributed by atoms with Gasteiger partial charge in [-0.3, -0.25) is 0 Å². The fourth-order valence-electron chi connectivity index (χ4n) is 21.9. The molecule has 8 heteroatoms. The number of thiophene rings is 4. The maximum atomic E-state index is 2.54. The zero-order valence-corrected chi connectivity index (χ0v) is 81.5. The van der Waals surface area contributed by atoms with Gasteiger partial charge in [0.15, 0.2) is 0 Å². The van der Waals surface area contributed by atoms with E-state index in [0.29, 0.717) is 0 Å². The molecule has 0 aliphatic carbocycles. The molecule has 0 saturated carbocycles. The first-order valence-corrected chi connectivity index (χ1v) is 52.2. The predicted octanol–water partition coefficient (Wildman–Crippen LogP) is 41.3. The molecule has 676 valence electrons. The second-order valence-electron chi connectivity index (χ2n) is 36.7. The minimum Gasteiger partial charge on any atom is -0.308 e. The number of nitrogens with zero attached hydrogens (tertiary/aromatic N) is 4. The Morgan fingerprint density at radius 1 is 0.125 bits per heavy atom. The lowest BCUT2D eigenvalue weighted by Crippen LogP contribution is -2.14. The molecule has 0 amide bonds. The highest BCUT2D eigenvalue weighted by molar-refractivity contribution is 7.28. The van der Waals surface area contributed by atoms with Gasteiger partial charge in [-0.1, -0.05) is 413 Å². The van der Waals surface area contributed by atoms with Crippen LogP contribution in [0.2, 0.25) is 0 Å². The summed E-state index contributed by atoms with van der Waals surface area (Å²) in [4.78, 5) is 10.1. The fourth-order valence-corrected chi connectivity index (χ4v) is 26.7. The van der Waals surface area contributed by atoms with Gasteiger partial charge < -0.3 is 19.6 Å². The van der Waals surface area contributed by atoms with Crippen molar-refractivity contribution in [3.63, 3.8) is 0 Å². The minimum atomic E-state index is 1.08. The Balaban J connectivity index is 0.000000143. The lowest BCUT2D eigenvalue weighted by molar-refractivity contribution is 1.28. The molecule has 0 bridgehead atoms. The van der Waals surface area contributed by atoms with Gasteiger partial charge in [-0.25, -0.2) is 0 Å². The van der Waals surface area contributed by atoms with Crippen LogP contribution in [0.3, 0.4) is 0 Å². The average molecular weight is 1910 g/mol. The third kappa shape index (κ3) is 15.1. The van der Waals surface area contributed by atoms with Gasteiger partial charge in [0, 0.05) is 107 Å². The summed E-state index contributed by atoms with van der Waals surface area (Å²) < 4.78 is 10.1. The van der Waals surface area contributed by atoms with Gasteiger partial charge in [0.1, 0.15) is 0 Å². The van der Waals surface area contributed by atoms with E-state index >= 15 is 0 Å². The molecule has 28 rings (SSSR count). The topological polar surface area (TPSA) is 13.0 Å². The molecule has 0 aliphatic heterocycles. The van der Waals surface area contributed by atoms with E-state index in [1.807, 2.05) is 45.3 Å². The van der Waals surface area contributed by atoms with Crippen LogP contribution in [0, 0.1) is 0 Å². The molecule has 4 aromatic heterocycles. The van der Waals surface area contributed by atoms with Gasteiger partial charge in [-0.2, -0.15) is 0 Å².